The van der Waals surface area contributed by atoms with E-state index in [9.17, 15) is 18.0 Å². The fourth-order valence-corrected chi connectivity index (χ4v) is 17.1. The first-order valence-electron chi connectivity index (χ1n) is 45.8. The molecule has 6 aliphatic heterocycles. The van der Waals surface area contributed by atoms with Gasteiger partial charge in [0, 0.05) is 138 Å². The number of aryl methyl sites for hydroxylation is 4. The molecule has 4 N–H and O–H groups in total. The maximum absolute atomic E-state index is 12.4. The molecule has 0 radical (unpaired) electrons. The number of pyridine rings is 5. The molecule has 14 rings (SSSR count). The maximum Gasteiger partial charge on any atom is 0.401 e. The molecule has 22 heteroatoms. The molecule has 6 aromatic heterocycles. The van der Waals surface area contributed by atoms with Crippen molar-refractivity contribution in [3.63, 3.8) is 0 Å². The Morgan fingerprint density at radius 2 is 0.901 bits per heavy atom. The van der Waals surface area contributed by atoms with E-state index in [0.717, 1.165) is 156 Å². The molecule has 121 heavy (non-hydrogen) atoms. The fraction of sp³-hybridized carbons (Fsp3) is 0.697. The van der Waals surface area contributed by atoms with Crippen LogP contribution in [-0.4, -0.2) is 209 Å². The van der Waals surface area contributed by atoms with Crippen molar-refractivity contribution < 1.29 is 22.7 Å². The second-order valence-corrected chi connectivity index (χ2v) is 42.8. The summed E-state index contributed by atoms with van der Waals surface area (Å²) in [7, 11) is 2.21. The first kappa shape index (κ1) is 97.7. The zero-order valence-electron chi connectivity index (χ0n) is 79.7. The van der Waals surface area contributed by atoms with Gasteiger partial charge in [0.15, 0.2) is 0 Å². The zero-order valence-corrected chi connectivity index (χ0v) is 79.7. The van der Waals surface area contributed by atoms with Gasteiger partial charge in [-0.2, -0.15) is 13.2 Å². The molecule has 2 aliphatic carbocycles. The van der Waals surface area contributed by atoms with Gasteiger partial charge in [-0.05, 0) is 284 Å². The van der Waals surface area contributed by atoms with Gasteiger partial charge >= 0.3 is 6.18 Å². The number of amides is 1. The van der Waals surface area contributed by atoms with Gasteiger partial charge in [0.05, 0.1) is 31.5 Å². The smallest absolute Gasteiger partial charge is 0.377 e. The van der Waals surface area contributed by atoms with Crippen molar-refractivity contribution >= 4 is 35.0 Å². The predicted octanol–water partition coefficient (Wildman–Crippen LogP) is 18.9. The van der Waals surface area contributed by atoms with E-state index in [1.165, 1.54) is 132 Å². The van der Waals surface area contributed by atoms with E-state index in [1.807, 2.05) is 30.3 Å². The van der Waals surface area contributed by atoms with Crippen LogP contribution in [-0.2, 0) is 61.3 Å². The van der Waals surface area contributed by atoms with Gasteiger partial charge in [-0.25, -0.2) is 19.9 Å². The number of piperazine rings is 2. The molecule has 672 valence electrons. The Kier molecular flexibility index (Phi) is 34.1. The Balaban J connectivity index is 0.000000166. The Bertz CT molecular complexity index is 4240. The molecule has 3 unspecified atom stereocenters. The standard InChI is InChI=1S/C20H34N4.C19H30N4O.C17H25F3N2.C16H26N2.C15H24N2.C12H19N3O/c1-15(2)23-9-11-24(12-10-23)19-14-16(20(3,4)5)13-18(22-19)21-17-7-6-8-17;1-14(24)22-8-10-23(11-9-22)18-13-15(19(2,3)4)12-17(21-18)20-16-6-5-7-16;1-12-9-21-14(8-15(12)16(2,3)4)7-13-5-6-22(10-13)11-17(18,19)20;1-12-10-17-14(9-15(12)16(2,3)4)8-13-6-7-18(5)11-13;1-11-9-17-13(7-12-5-6-16-10-12)8-14(11)15(2,3)4;1-8-13-10(12(2,3)4)5-11(14-8)15-9-6-16-7-9/h13-15,17H,6-12H2,1-5H3,(H,21,22);12-13,16H,5-11H2,1-4H3,(H,20,21);8-9,13H,5-7,10-11H2,1-4H3;9-10,13H,6-8,11H2,1-5H3;8-9,12,16H,5-7,10H2,1-4H3;5,9H,6-7H2,1-4H3,(H,13,14,15). The van der Waals surface area contributed by atoms with Crippen molar-refractivity contribution in [1.82, 2.24) is 59.8 Å². The minimum atomic E-state index is -4.10. The molecule has 1 amide bonds. The predicted molar refractivity (Wildman–Crippen MR) is 497 cm³/mol. The normalized spacial score (nSPS) is 20.0. The number of hydrogen-bond donors (Lipinski definition) is 4. The molecule has 6 saturated heterocycles. The monoisotopic (exact) mass is 1670 g/mol. The van der Waals surface area contributed by atoms with Gasteiger partial charge in [-0.15, -0.1) is 0 Å². The van der Waals surface area contributed by atoms with E-state index in [4.69, 9.17) is 14.7 Å². The van der Waals surface area contributed by atoms with Crippen LogP contribution in [0.25, 0.3) is 0 Å². The number of carbonyl (C=O) groups is 1. The Hall–Kier alpha value is -7.11. The van der Waals surface area contributed by atoms with E-state index in [1.54, 1.807) is 6.92 Å². The Morgan fingerprint density at radius 1 is 0.479 bits per heavy atom. The molecule has 2 saturated carbocycles. The molecular formula is C99H158F3N17O2. The van der Waals surface area contributed by atoms with Crippen LogP contribution in [0.5, 0.6) is 0 Å². The quantitative estimate of drug-likeness (QED) is 0.0717. The van der Waals surface area contributed by atoms with Crippen molar-refractivity contribution in [2.45, 2.75) is 313 Å². The minimum Gasteiger partial charge on any atom is -0.377 e. The highest BCUT2D eigenvalue weighted by atomic mass is 19.4. The van der Waals surface area contributed by atoms with Crippen molar-refractivity contribution in [2.24, 2.45) is 17.8 Å². The SMILES string of the molecule is CC(=O)N1CCN(c2cc(C(C)(C)C)cc(NC3CCC3)n2)CC1.CC(C)N1CCN(c2cc(C(C)(C)C)cc(NC3CCC3)n2)CC1.Cc1cnc(CC2CCN(C)C2)cc1C(C)(C)C.Cc1cnc(CC2CCN(CC(F)(F)F)C2)cc1C(C)(C)C.Cc1cnc(CC2CCNC2)cc1C(C)(C)C.Cc1nc(NC2COC2)cc(C(C)(C)C)n1. The Labute approximate surface area is 728 Å². The molecule has 3 atom stereocenters. The third-order valence-electron chi connectivity index (χ3n) is 25.1. The summed E-state index contributed by atoms with van der Waals surface area (Å²) in [6.07, 6.45) is 16.0. The van der Waals surface area contributed by atoms with Crippen molar-refractivity contribution in [3.05, 3.63) is 140 Å². The number of nitrogens with one attached hydrogen (secondary N) is 4. The molecule has 0 bridgehead atoms. The van der Waals surface area contributed by atoms with Crippen LogP contribution in [0.3, 0.4) is 0 Å². The molecule has 0 aromatic carbocycles. The molecule has 8 fully saturated rings. The maximum atomic E-state index is 12.4. The number of halogens is 3. The molecule has 12 heterocycles. The average Bonchev–Trinajstić information content (AvgIpc) is 1.75. The molecule has 0 spiro atoms. The lowest BCUT2D eigenvalue weighted by atomic mass is 9.84. The van der Waals surface area contributed by atoms with Gasteiger partial charge in [0.1, 0.15) is 34.9 Å². The molecule has 8 aliphatic rings. The van der Waals surface area contributed by atoms with Crippen LogP contribution in [0.15, 0.2) is 67.1 Å². The lowest BCUT2D eigenvalue weighted by Gasteiger charge is -2.38. The lowest BCUT2D eigenvalue weighted by molar-refractivity contribution is -0.143. The van der Waals surface area contributed by atoms with Crippen LogP contribution in [0.1, 0.15) is 276 Å². The summed E-state index contributed by atoms with van der Waals surface area (Å²) in [6, 6.07) is 20.0. The summed E-state index contributed by atoms with van der Waals surface area (Å²) in [5.74, 6) is 7.96. The molecular weight excluding hydrogens is 1520 g/mol. The van der Waals surface area contributed by atoms with Crippen molar-refractivity contribution in [3.8, 4) is 0 Å². The third kappa shape index (κ3) is 30.9. The third-order valence-corrected chi connectivity index (χ3v) is 25.1. The number of ether oxygens (including phenoxy) is 1. The largest absolute Gasteiger partial charge is 0.401 e. The number of nitrogens with zero attached hydrogens (tertiary/aromatic N) is 13. The van der Waals surface area contributed by atoms with Crippen molar-refractivity contribution in [1.29, 1.82) is 0 Å². The summed E-state index contributed by atoms with van der Waals surface area (Å²) in [6.45, 7) is 69.0. The van der Waals surface area contributed by atoms with Gasteiger partial charge in [-0.3, -0.25) is 29.5 Å². The topological polar surface area (TPSA) is 184 Å². The molecule has 6 aromatic rings. The summed E-state index contributed by atoms with van der Waals surface area (Å²) in [5.41, 5.74) is 16.0. The second-order valence-electron chi connectivity index (χ2n) is 42.8. The van der Waals surface area contributed by atoms with Crippen LogP contribution < -0.4 is 31.1 Å². The summed E-state index contributed by atoms with van der Waals surface area (Å²) in [4.78, 5) is 57.1. The van der Waals surface area contributed by atoms with Gasteiger partial charge < -0.3 is 45.6 Å². The van der Waals surface area contributed by atoms with Gasteiger partial charge in [0.2, 0.25) is 5.91 Å². The number of alkyl halides is 3. The Morgan fingerprint density at radius 3 is 1.26 bits per heavy atom. The van der Waals surface area contributed by atoms with E-state index in [-0.39, 0.29) is 44.3 Å². The van der Waals surface area contributed by atoms with E-state index in [0.29, 0.717) is 37.3 Å². The average molecular weight is 1680 g/mol. The minimum absolute atomic E-state index is 0.0553. The second kappa shape index (κ2) is 42.3. The number of anilines is 5. The number of hydrogen-bond acceptors (Lipinski definition) is 18. The van der Waals surface area contributed by atoms with Gasteiger partial charge in [0.25, 0.3) is 0 Å². The highest BCUT2D eigenvalue weighted by Crippen LogP contribution is 2.37. The summed E-state index contributed by atoms with van der Waals surface area (Å²) < 4.78 is 42.4. The fourth-order valence-electron chi connectivity index (χ4n) is 17.1. The first-order valence-corrected chi connectivity index (χ1v) is 45.8. The number of likely N-dealkylation sites (tertiary alicyclic amines) is 2. The van der Waals surface area contributed by atoms with E-state index in [2.05, 4.69) is 281 Å². The van der Waals surface area contributed by atoms with Crippen LogP contribution in [0.4, 0.5) is 42.3 Å². The highest BCUT2D eigenvalue weighted by molar-refractivity contribution is 5.73. The number of aromatic nitrogens is 7. The van der Waals surface area contributed by atoms with Crippen molar-refractivity contribution in [2.75, 3.05) is 144 Å². The van der Waals surface area contributed by atoms with Crippen LogP contribution in [0.2, 0.25) is 0 Å². The van der Waals surface area contributed by atoms with E-state index < -0.39 is 12.7 Å². The van der Waals surface area contributed by atoms with Gasteiger partial charge in [-0.1, -0.05) is 125 Å². The molecule has 19 nitrogen and oxygen atoms in total. The summed E-state index contributed by atoms with van der Waals surface area (Å²) >= 11 is 0. The van der Waals surface area contributed by atoms with E-state index >= 15 is 0 Å². The highest BCUT2D eigenvalue weighted by Gasteiger charge is 2.36. The van der Waals surface area contributed by atoms with Crippen LogP contribution in [0, 0.1) is 45.4 Å². The number of rotatable bonds is 16. The zero-order chi connectivity index (χ0) is 88.7. The first-order chi connectivity index (χ1) is 56.5. The number of carbonyl (C=O) groups excluding carboxylic acids is 1. The lowest BCUT2D eigenvalue weighted by Crippen LogP contribution is -2.49. The summed E-state index contributed by atoms with van der Waals surface area (Å²) in [5, 5.41) is 14.0. The van der Waals surface area contributed by atoms with Crippen LogP contribution >= 0.6 is 0 Å².